The number of aromatic nitrogens is 1. The second kappa shape index (κ2) is 14.4. The van der Waals surface area contributed by atoms with E-state index in [9.17, 15) is 23.1 Å². The molecule has 4 rings (SSSR count). The van der Waals surface area contributed by atoms with Crippen LogP contribution in [0.15, 0.2) is 89.1 Å². The van der Waals surface area contributed by atoms with Gasteiger partial charge in [-0.15, -0.1) is 11.3 Å². The maximum Gasteiger partial charge on any atom is 0.253 e. The van der Waals surface area contributed by atoms with Crippen LogP contribution in [-0.2, 0) is 23.0 Å². The van der Waals surface area contributed by atoms with E-state index in [0.717, 1.165) is 16.3 Å². The first-order valence-electron chi connectivity index (χ1n) is 13.5. The Balaban J connectivity index is 1.48. The molecule has 0 unspecified atom stereocenters. The standard InChI is InChI=1S/C31H34N4O6S2/c1-21-20-42-29(33-21)19-35(2)31(38)24-12-7-11-23(16-24)30(37)34-27(15-22-9-5-4-6-10-22)28(36)18-32-43(39,40)26-14-8-13-25(17-26)41-3/h4-14,16-17,20,27-28,32,36H,15,18-19H2,1-3H3,(H,34,37)/t27-,28-/m0/s1. The molecular formula is C31H34N4O6S2. The van der Waals surface area contributed by atoms with Gasteiger partial charge >= 0.3 is 0 Å². The number of benzene rings is 3. The van der Waals surface area contributed by atoms with Gasteiger partial charge < -0.3 is 20.1 Å². The molecule has 1 aromatic heterocycles. The van der Waals surface area contributed by atoms with Gasteiger partial charge in [0.1, 0.15) is 10.8 Å². The molecule has 43 heavy (non-hydrogen) atoms. The molecule has 0 saturated heterocycles. The summed E-state index contributed by atoms with van der Waals surface area (Å²) in [7, 11) is -0.859. The molecule has 3 aromatic carbocycles. The number of methoxy groups -OCH3 is 1. The van der Waals surface area contributed by atoms with E-state index in [-0.39, 0.29) is 29.3 Å². The highest BCUT2D eigenvalue weighted by molar-refractivity contribution is 7.89. The number of nitrogens with zero attached hydrogens (tertiary/aromatic N) is 2. The molecule has 1 heterocycles. The number of aryl methyl sites for hydroxylation is 1. The summed E-state index contributed by atoms with van der Waals surface area (Å²) in [4.78, 5) is 32.4. The predicted octanol–water partition coefficient (Wildman–Crippen LogP) is 3.41. The molecule has 226 valence electrons. The first-order valence-corrected chi connectivity index (χ1v) is 15.8. The number of thiazole rings is 1. The molecule has 0 aliphatic rings. The smallest absolute Gasteiger partial charge is 0.253 e. The maximum atomic E-state index is 13.4. The first-order chi connectivity index (χ1) is 20.6. The number of hydrogen-bond acceptors (Lipinski definition) is 8. The number of carbonyl (C=O) groups excluding carboxylic acids is 2. The molecule has 2 atom stereocenters. The van der Waals surface area contributed by atoms with Gasteiger partial charge in [0.15, 0.2) is 0 Å². The van der Waals surface area contributed by atoms with Crippen molar-refractivity contribution in [1.82, 2.24) is 19.9 Å². The van der Waals surface area contributed by atoms with E-state index in [0.29, 0.717) is 17.9 Å². The van der Waals surface area contributed by atoms with Crippen molar-refractivity contribution in [2.45, 2.75) is 36.9 Å². The summed E-state index contributed by atoms with van der Waals surface area (Å²) in [6, 6.07) is 20.7. The number of hydrogen-bond donors (Lipinski definition) is 3. The lowest BCUT2D eigenvalue weighted by atomic mass is 10.0. The Bertz CT molecular complexity index is 1660. The van der Waals surface area contributed by atoms with Crippen LogP contribution in [0.4, 0.5) is 0 Å². The Morgan fingerprint density at radius 1 is 1.02 bits per heavy atom. The Hall–Kier alpha value is -4.10. The van der Waals surface area contributed by atoms with Crippen molar-refractivity contribution in [1.29, 1.82) is 0 Å². The van der Waals surface area contributed by atoms with E-state index in [1.54, 1.807) is 37.4 Å². The topological polar surface area (TPSA) is 138 Å². The number of aliphatic hydroxyl groups excluding tert-OH is 1. The van der Waals surface area contributed by atoms with Crippen LogP contribution in [0.2, 0.25) is 0 Å². The fraction of sp³-hybridized carbons (Fsp3) is 0.258. The van der Waals surface area contributed by atoms with Crippen LogP contribution in [0.5, 0.6) is 5.75 Å². The molecule has 12 heteroatoms. The van der Waals surface area contributed by atoms with Gasteiger partial charge in [-0.3, -0.25) is 9.59 Å². The van der Waals surface area contributed by atoms with Crippen molar-refractivity contribution in [2.24, 2.45) is 0 Å². The van der Waals surface area contributed by atoms with Crippen molar-refractivity contribution in [2.75, 3.05) is 20.7 Å². The molecule has 0 radical (unpaired) electrons. The van der Waals surface area contributed by atoms with Gasteiger partial charge in [-0.2, -0.15) is 0 Å². The first kappa shape index (κ1) is 31.8. The molecule has 10 nitrogen and oxygen atoms in total. The molecule has 0 aliphatic heterocycles. The van der Waals surface area contributed by atoms with Crippen LogP contribution in [0, 0.1) is 6.92 Å². The van der Waals surface area contributed by atoms with Crippen LogP contribution in [0.3, 0.4) is 0 Å². The number of nitrogens with one attached hydrogen (secondary N) is 2. The molecule has 2 amide bonds. The second-order valence-electron chi connectivity index (χ2n) is 9.99. The van der Waals surface area contributed by atoms with E-state index in [2.05, 4.69) is 15.0 Å². The number of sulfonamides is 1. The van der Waals surface area contributed by atoms with Crippen molar-refractivity contribution in [3.63, 3.8) is 0 Å². The van der Waals surface area contributed by atoms with E-state index < -0.39 is 28.1 Å². The van der Waals surface area contributed by atoms with Crippen molar-refractivity contribution in [3.05, 3.63) is 112 Å². The maximum absolute atomic E-state index is 13.4. The molecule has 0 fully saturated rings. The summed E-state index contributed by atoms with van der Waals surface area (Å²) in [5, 5.41) is 16.7. The lowest BCUT2D eigenvalue weighted by Gasteiger charge is -2.25. The third kappa shape index (κ3) is 8.71. The normalized spacial score (nSPS) is 12.7. The van der Waals surface area contributed by atoms with Crippen molar-refractivity contribution in [3.8, 4) is 5.75 Å². The van der Waals surface area contributed by atoms with Gasteiger partial charge in [0, 0.05) is 41.9 Å². The fourth-order valence-electron chi connectivity index (χ4n) is 4.36. The van der Waals surface area contributed by atoms with Crippen LogP contribution >= 0.6 is 11.3 Å². The predicted molar refractivity (Wildman–Crippen MR) is 165 cm³/mol. The van der Waals surface area contributed by atoms with E-state index in [1.807, 2.05) is 42.6 Å². The Morgan fingerprint density at radius 3 is 2.44 bits per heavy atom. The summed E-state index contributed by atoms with van der Waals surface area (Å²) in [6.45, 7) is 1.88. The van der Waals surface area contributed by atoms with E-state index >= 15 is 0 Å². The molecule has 0 spiro atoms. The van der Waals surface area contributed by atoms with Crippen molar-refractivity contribution < 1.29 is 27.9 Å². The second-order valence-corrected chi connectivity index (χ2v) is 12.7. The largest absolute Gasteiger partial charge is 0.497 e. The van der Waals surface area contributed by atoms with Crippen molar-refractivity contribution >= 4 is 33.2 Å². The number of amides is 2. The number of rotatable bonds is 13. The zero-order chi connectivity index (χ0) is 31.0. The summed E-state index contributed by atoms with van der Waals surface area (Å²) in [5.41, 5.74) is 2.28. The molecular weight excluding hydrogens is 588 g/mol. The number of aliphatic hydroxyl groups is 1. The summed E-state index contributed by atoms with van der Waals surface area (Å²) >= 11 is 1.47. The summed E-state index contributed by atoms with van der Waals surface area (Å²) in [5.74, 6) is -0.401. The van der Waals surface area contributed by atoms with Gasteiger partial charge in [0.2, 0.25) is 10.0 Å². The monoisotopic (exact) mass is 622 g/mol. The fourth-order valence-corrected chi connectivity index (χ4v) is 6.27. The summed E-state index contributed by atoms with van der Waals surface area (Å²) < 4.78 is 33.3. The Labute approximate surface area is 255 Å². The van der Waals surface area contributed by atoms with Crippen LogP contribution in [0.25, 0.3) is 0 Å². The molecule has 3 N–H and O–H groups in total. The van der Waals surface area contributed by atoms with E-state index in [4.69, 9.17) is 4.74 Å². The van der Waals surface area contributed by atoms with Crippen LogP contribution < -0.4 is 14.8 Å². The lowest BCUT2D eigenvalue weighted by Crippen LogP contribution is -2.49. The zero-order valence-corrected chi connectivity index (χ0v) is 25.7. The minimum absolute atomic E-state index is 0.0147. The van der Waals surface area contributed by atoms with E-state index in [1.165, 1.54) is 41.5 Å². The Morgan fingerprint density at radius 2 is 1.74 bits per heavy atom. The van der Waals surface area contributed by atoms with Gasteiger partial charge in [-0.1, -0.05) is 42.5 Å². The molecule has 0 aliphatic carbocycles. The zero-order valence-electron chi connectivity index (χ0n) is 24.1. The van der Waals surface area contributed by atoms with Gasteiger partial charge in [-0.25, -0.2) is 18.1 Å². The highest BCUT2D eigenvalue weighted by Crippen LogP contribution is 2.18. The highest BCUT2D eigenvalue weighted by atomic mass is 32.2. The summed E-state index contributed by atoms with van der Waals surface area (Å²) in [6.07, 6.45) is -1.04. The van der Waals surface area contributed by atoms with Crippen LogP contribution in [-0.4, -0.2) is 68.1 Å². The van der Waals surface area contributed by atoms with Gasteiger partial charge in [0.05, 0.1) is 30.7 Å². The van der Waals surface area contributed by atoms with Gasteiger partial charge in [-0.05, 0) is 49.2 Å². The molecule has 0 saturated carbocycles. The number of ether oxygens (including phenoxy) is 1. The highest BCUT2D eigenvalue weighted by Gasteiger charge is 2.26. The third-order valence-electron chi connectivity index (χ3n) is 6.67. The molecule has 4 aromatic rings. The third-order valence-corrected chi connectivity index (χ3v) is 9.04. The molecule has 0 bridgehead atoms. The lowest BCUT2D eigenvalue weighted by molar-refractivity contribution is 0.0785. The minimum Gasteiger partial charge on any atom is -0.497 e. The average molecular weight is 623 g/mol. The van der Waals surface area contributed by atoms with Crippen LogP contribution in [0.1, 0.15) is 37.0 Å². The Kier molecular flexibility index (Phi) is 10.6. The SMILES string of the molecule is COc1cccc(S(=O)(=O)NC[C@H](O)[C@H](Cc2ccccc2)NC(=O)c2cccc(C(=O)N(C)Cc3nc(C)cs3)c2)c1. The minimum atomic E-state index is -3.97. The quantitative estimate of drug-likeness (QED) is 0.208. The average Bonchev–Trinajstić information content (AvgIpc) is 3.43. The van der Waals surface area contributed by atoms with Gasteiger partial charge in [0.25, 0.3) is 11.8 Å². The number of carbonyl (C=O) groups is 2.